The topological polar surface area (TPSA) is 53.2 Å². The third-order valence-corrected chi connectivity index (χ3v) is 2.67. The molecule has 0 unspecified atom stereocenters. The second-order valence-electron chi connectivity index (χ2n) is 3.96. The van der Waals surface area contributed by atoms with Crippen molar-refractivity contribution < 1.29 is 9.84 Å². The van der Waals surface area contributed by atoms with Gasteiger partial charge in [0, 0.05) is 5.56 Å². The number of nitriles is 1. The molecule has 0 bridgehead atoms. The quantitative estimate of drug-likeness (QED) is 0.895. The maximum atomic E-state index is 9.22. The van der Waals surface area contributed by atoms with Crippen LogP contribution in [0.15, 0.2) is 42.5 Å². The molecule has 0 aliphatic heterocycles. The van der Waals surface area contributed by atoms with Crippen LogP contribution >= 0.6 is 0 Å². The van der Waals surface area contributed by atoms with Gasteiger partial charge in [-0.2, -0.15) is 5.26 Å². The van der Waals surface area contributed by atoms with Crippen LogP contribution in [0.2, 0.25) is 0 Å². The maximum Gasteiger partial charge on any atom is 0.132 e. The number of hydrogen-bond acceptors (Lipinski definition) is 3. The van der Waals surface area contributed by atoms with E-state index in [0.717, 1.165) is 11.1 Å². The highest BCUT2D eigenvalue weighted by molar-refractivity contribution is 5.44. The summed E-state index contributed by atoms with van der Waals surface area (Å²) in [5.41, 5.74) is 2.23. The molecule has 0 saturated carbocycles. The van der Waals surface area contributed by atoms with Crippen LogP contribution in [0.25, 0.3) is 0 Å². The van der Waals surface area contributed by atoms with Crippen molar-refractivity contribution in [3.63, 3.8) is 0 Å². The van der Waals surface area contributed by atoms with Crippen molar-refractivity contribution in [2.45, 2.75) is 13.5 Å². The smallest absolute Gasteiger partial charge is 0.132 e. The molecule has 0 saturated heterocycles. The van der Waals surface area contributed by atoms with Crippen LogP contribution in [-0.2, 0) is 6.61 Å². The molecule has 0 aliphatic rings. The van der Waals surface area contributed by atoms with E-state index in [1.165, 1.54) is 0 Å². The molecule has 2 aromatic carbocycles. The van der Waals surface area contributed by atoms with Crippen molar-refractivity contribution >= 4 is 0 Å². The van der Waals surface area contributed by atoms with Crippen molar-refractivity contribution in [3.8, 4) is 17.6 Å². The number of aliphatic hydroxyl groups excluding tert-OH is 1. The summed E-state index contributed by atoms with van der Waals surface area (Å²) in [6.07, 6.45) is 0. The molecule has 3 nitrogen and oxygen atoms in total. The van der Waals surface area contributed by atoms with Gasteiger partial charge in [0.1, 0.15) is 11.5 Å². The molecule has 0 fully saturated rings. The average molecular weight is 239 g/mol. The van der Waals surface area contributed by atoms with E-state index >= 15 is 0 Å². The Balaban J connectivity index is 2.32. The van der Waals surface area contributed by atoms with Gasteiger partial charge in [0.2, 0.25) is 0 Å². The summed E-state index contributed by atoms with van der Waals surface area (Å²) < 4.78 is 5.76. The zero-order valence-corrected chi connectivity index (χ0v) is 10.1. The summed E-state index contributed by atoms with van der Waals surface area (Å²) in [6, 6.07) is 14.7. The Kier molecular flexibility index (Phi) is 3.61. The lowest BCUT2D eigenvalue weighted by Crippen LogP contribution is -1.93. The van der Waals surface area contributed by atoms with Crippen molar-refractivity contribution in [3.05, 3.63) is 59.2 Å². The van der Waals surface area contributed by atoms with Gasteiger partial charge in [-0.25, -0.2) is 0 Å². The molecule has 2 aromatic rings. The number of hydrogen-bond donors (Lipinski definition) is 1. The summed E-state index contributed by atoms with van der Waals surface area (Å²) in [5, 5.41) is 18.0. The predicted octanol–water partition coefficient (Wildman–Crippen LogP) is 3.15. The van der Waals surface area contributed by atoms with E-state index in [1.54, 1.807) is 18.2 Å². The monoisotopic (exact) mass is 239 g/mol. The molecule has 0 radical (unpaired) electrons. The van der Waals surface area contributed by atoms with Crippen LogP contribution in [0.5, 0.6) is 11.5 Å². The van der Waals surface area contributed by atoms with Gasteiger partial charge < -0.3 is 9.84 Å². The standard InChI is InChI=1S/C15H13NO2/c1-11-8-12(9-16)6-7-14(11)18-15-5-3-2-4-13(15)10-17/h2-8,17H,10H2,1H3. The van der Waals surface area contributed by atoms with Crippen LogP contribution in [0.3, 0.4) is 0 Å². The molecule has 0 atom stereocenters. The second-order valence-corrected chi connectivity index (χ2v) is 3.96. The van der Waals surface area contributed by atoms with E-state index in [1.807, 2.05) is 31.2 Å². The summed E-state index contributed by atoms with van der Waals surface area (Å²) in [7, 11) is 0. The van der Waals surface area contributed by atoms with E-state index in [4.69, 9.17) is 10.00 Å². The van der Waals surface area contributed by atoms with Crippen LogP contribution < -0.4 is 4.74 Å². The molecule has 0 aromatic heterocycles. The Hall–Kier alpha value is -2.31. The lowest BCUT2D eigenvalue weighted by Gasteiger charge is -2.11. The van der Waals surface area contributed by atoms with Crippen LogP contribution in [0, 0.1) is 18.3 Å². The molecule has 0 heterocycles. The summed E-state index contributed by atoms with van der Waals surface area (Å²) in [5.74, 6) is 1.32. The van der Waals surface area contributed by atoms with Crippen molar-refractivity contribution in [1.82, 2.24) is 0 Å². The number of rotatable bonds is 3. The van der Waals surface area contributed by atoms with Crippen LogP contribution in [0.1, 0.15) is 16.7 Å². The molecule has 0 aliphatic carbocycles. The van der Waals surface area contributed by atoms with Gasteiger partial charge in [-0.15, -0.1) is 0 Å². The number of benzene rings is 2. The summed E-state index contributed by atoms with van der Waals surface area (Å²) in [4.78, 5) is 0. The number of para-hydroxylation sites is 1. The molecule has 18 heavy (non-hydrogen) atoms. The van der Waals surface area contributed by atoms with Gasteiger partial charge in [-0.05, 0) is 36.8 Å². The second kappa shape index (κ2) is 5.35. The zero-order valence-electron chi connectivity index (χ0n) is 10.1. The number of aryl methyl sites for hydroxylation is 1. The molecule has 0 amide bonds. The molecule has 1 N–H and O–H groups in total. The third-order valence-electron chi connectivity index (χ3n) is 2.67. The first kappa shape index (κ1) is 12.2. The van der Waals surface area contributed by atoms with Gasteiger partial charge in [0.15, 0.2) is 0 Å². The van der Waals surface area contributed by atoms with Crippen molar-refractivity contribution in [2.24, 2.45) is 0 Å². The zero-order chi connectivity index (χ0) is 13.0. The SMILES string of the molecule is Cc1cc(C#N)ccc1Oc1ccccc1CO. The van der Waals surface area contributed by atoms with E-state index in [-0.39, 0.29) is 6.61 Å². The Morgan fingerprint density at radius 1 is 1.17 bits per heavy atom. The highest BCUT2D eigenvalue weighted by atomic mass is 16.5. The fraction of sp³-hybridized carbons (Fsp3) is 0.133. The average Bonchev–Trinajstić information content (AvgIpc) is 2.41. The van der Waals surface area contributed by atoms with Crippen LogP contribution in [0.4, 0.5) is 0 Å². The van der Waals surface area contributed by atoms with E-state index in [0.29, 0.717) is 17.1 Å². The number of aliphatic hydroxyl groups is 1. The highest BCUT2D eigenvalue weighted by Crippen LogP contribution is 2.28. The molecule has 0 spiro atoms. The minimum Gasteiger partial charge on any atom is -0.457 e. The van der Waals surface area contributed by atoms with E-state index in [2.05, 4.69) is 6.07 Å². The first-order valence-electron chi connectivity index (χ1n) is 5.62. The fourth-order valence-electron chi connectivity index (χ4n) is 1.69. The van der Waals surface area contributed by atoms with Crippen molar-refractivity contribution in [1.29, 1.82) is 5.26 Å². The number of nitrogens with zero attached hydrogens (tertiary/aromatic N) is 1. The van der Waals surface area contributed by atoms with Gasteiger partial charge in [-0.1, -0.05) is 18.2 Å². The predicted molar refractivity (Wildman–Crippen MR) is 68.3 cm³/mol. The van der Waals surface area contributed by atoms with Gasteiger partial charge in [0.25, 0.3) is 0 Å². The first-order valence-corrected chi connectivity index (χ1v) is 5.62. The molecule has 90 valence electrons. The molecule has 3 heteroatoms. The van der Waals surface area contributed by atoms with Gasteiger partial charge in [-0.3, -0.25) is 0 Å². The highest BCUT2D eigenvalue weighted by Gasteiger charge is 2.06. The van der Waals surface area contributed by atoms with E-state index < -0.39 is 0 Å². The Labute approximate surface area is 106 Å². The van der Waals surface area contributed by atoms with Gasteiger partial charge >= 0.3 is 0 Å². The summed E-state index contributed by atoms with van der Waals surface area (Å²) in [6.45, 7) is 1.82. The Morgan fingerprint density at radius 3 is 2.61 bits per heavy atom. The Bertz CT molecular complexity index is 600. The van der Waals surface area contributed by atoms with Crippen molar-refractivity contribution in [2.75, 3.05) is 0 Å². The molecular weight excluding hydrogens is 226 g/mol. The van der Waals surface area contributed by atoms with Gasteiger partial charge in [0.05, 0.1) is 18.2 Å². The molecule has 2 rings (SSSR count). The normalized spacial score (nSPS) is 9.83. The lowest BCUT2D eigenvalue weighted by atomic mass is 10.1. The van der Waals surface area contributed by atoms with Crippen LogP contribution in [-0.4, -0.2) is 5.11 Å². The largest absolute Gasteiger partial charge is 0.457 e. The Morgan fingerprint density at radius 2 is 1.94 bits per heavy atom. The minimum atomic E-state index is -0.0640. The first-order chi connectivity index (χ1) is 8.74. The summed E-state index contributed by atoms with van der Waals surface area (Å²) >= 11 is 0. The number of ether oxygens (including phenoxy) is 1. The lowest BCUT2D eigenvalue weighted by molar-refractivity contribution is 0.276. The molecular formula is C15H13NO2. The minimum absolute atomic E-state index is 0.0640. The third kappa shape index (κ3) is 2.50. The van der Waals surface area contributed by atoms with E-state index in [9.17, 15) is 5.11 Å². The maximum absolute atomic E-state index is 9.22. The fourth-order valence-corrected chi connectivity index (χ4v) is 1.69.